The van der Waals surface area contributed by atoms with Crippen LogP contribution in [0.2, 0.25) is 0 Å². The number of ether oxygens (including phenoxy) is 1. The lowest BCUT2D eigenvalue weighted by atomic mass is 9.78. The van der Waals surface area contributed by atoms with Gasteiger partial charge >= 0.3 is 6.03 Å². The van der Waals surface area contributed by atoms with E-state index >= 15 is 0 Å². The second kappa shape index (κ2) is 18.9. The maximum absolute atomic E-state index is 13.8. The first-order valence-electron chi connectivity index (χ1n) is 24.8. The fourth-order valence-corrected chi connectivity index (χ4v) is 11.8. The van der Waals surface area contributed by atoms with Crippen LogP contribution in [0.25, 0.3) is 22.3 Å². The number of nitrogens with one attached hydrogen (secondary N) is 1. The van der Waals surface area contributed by atoms with Gasteiger partial charge in [0.05, 0.1) is 22.6 Å². The molecule has 0 bridgehead atoms. The van der Waals surface area contributed by atoms with Crippen molar-refractivity contribution in [3.8, 4) is 22.8 Å². The first-order chi connectivity index (χ1) is 33.6. The van der Waals surface area contributed by atoms with Gasteiger partial charge in [-0.2, -0.15) is 5.10 Å². The monoisotopic (exact) mass is 933 g/mol. The molecule has 17 heteroatoms. The number of rotatable bonds is 9. The third-order valence-corrected chi connectivity index (χ3v) is 15.7. The normalized spacial score (nSPS) is 21.6. The number of fused-ring (bicyclic) bond motifs is 2. The van der Waals surface area contributed by atoms with Crippen LogP contribution in [0.4, 0.5) is 16.3 Å². The molecule has 6 aliphatic heterocycles. The van der Waals surface area contributed by atoms with Crippen molar-refractivity contribution < 1.29 is 28.7 Å². The third kappa shape index (κ3) is 8.88. The summed E-state index contributed by atoms with van der Waals surface area (Å²) in [5, 5.41) is 8.16. The minimum Gasteiger partial charge on any atom is -0.457 e. The van der Waals surface area contributed by atoms with Gasteiger partial charge in [-0.1, -0.05) is 18.2 Å². The molecule has 8 heterocycles. The van der Waals surface area contributed by atoms with Crippen molar-refractivity contribution in [2.75, 3.05) is 69.5 Å². The Morgan fingerprint density at radius 3 is 2.04 bits per heavy atom. The quantitative estimate of drug-likeness (QED) is 0.156. The Kier molecular flexibility index (Phi) is 12.2. The largest absolute Gasteiger partial charge is 0.457 e. The lowest BCUT2D eigenvalue weighted by Gasteiger charge is -2.43. The van der Waals surface area contributed by atoms with Gasteiger partial charge in [0.25, 0.3) is 11.8 Å². The summed E-state index contributed by atoms with van der Waals surface area (Å²) in [6.45, 7) is 7.90. The molecule has 0 aliphatic carbocycles. The van der Waals surface area contributed by atoms with Crippen molar-refractivity contribution in [1.29, 1.82) is 0 Å². The number of nitrogen functional groups attached to an aromatic ring is 1. The summed E-state index contributed by atoms with van der Waals surface area (Å²) in [4.78, 5) is 83.6. The standard InChI is InChI=1S/C52H59N11O6/c53-47-45-46(36-6-9-40(10-7-36)69-39-4-2-1-3-5-39)57-63(48(45)55-32-54-47)37-20-22-58(23-21-37)31-33-14-24-60(25-15-33)52(68)61-28-18-35(19-29-61)34-16-26-59(27-17-34)38-8-11-41-42(30-38)51(67)62(50(41)66)43-12-13-44(64)56-49(43)65/h1-11,30,32-35,37,43H,12-29,31H2,(H2,53,54,55)(H,56,64,65). The number of carbonyl (C=O) groups excluding carboxylic acids is 5. The van der Waals surface area contributed by atoms with Gasteiger partial charge in [0.15, 0.2) is 5.65 Å². The maximum Gasteiger partial charge on any atom is 0.319 e. The minimum atomic E-state index is -0.974. The van der Waals surface area contributed by atoms with E-state index in [1.165, 1.54) is 6.33 Å². The SMILES string of the molecule is Nc1ncnc2c1c(-c1ccc(Oc3ccccc3)cc1)nn2C1CCN(CC2CCN(C(=O)N3CCC(C4CCN(c5ccc6c(c5)C(=O)N(C5CCC(=O)NC5=O)C6=O)CC4)CC3)CC2)CC1. The van der Waals surface area contributed by atoms with Gasteiger partial charge in [-0.05, 0) is 130 Å². The molecule has 3 aromatic carbocycles. The maximum atomic E-state index is 13.8. The number of piperidine rings is 5. The summed E-state index contributed by atoms with van der Waals surface area (Å²) in [5.74, 6) is 1.70. The molecular weight excluding hydrogens is 875 g/mol. The number of para-hydroxylation sites is 1. The smallest absolute Gasteiger partial charge is 0.319 e. The van der Waals surface area contributed by atoms with Crippen LogP contribution in [0.3, 0.4) is 0 Å². The van der Waals surface area contributed by atoms with Crippen LogP contribution in [-0.4, -0.2) is 134 Å². The summed E-state index contributed by atoms with van der Waals surface area (Å²) >= 11 is 0. The third-order valence-electron chi connectivity index (χ3n) is 15.7. The van der Waals surface area contributed by atoms with Crippen molar-refractivity contribution in [3.63, 3.8) is 0 Å². The van der Waals surface area contributed by atoms with Crippen molar-refractivity contribution >= 4 is 52.2 Å². The molecule has 6 aliphatic rings. The van der Waals surface area contributed by atoms with Crippen LogP contribution in [0.1, 0.15) is 91.0 Å². The molecule has 6 amide bonds. The molecule has 358 valence electrons. The number of carbonyl (C=O) groups is 5. The molecule has 0 saturated carbocycles. The molecule has 5 aromatic rings. The van der Waals surface area contributed by atoms with Crippen LogP contribution in [0.5, 0.6) is 11.5 Å². The molecule has 0 spiro atoms. The van der Waals surface area contributed by atoms with Gasteiger partial charge in [-0.25, -0.2) is 19.4 Å². The number of imide groups is 2. The van der Waals surface area contributed by atoms with Gasteiger partial charge in [0, 0.05) is 76.6 Å². The van der Waals surface area contributed by atoms with E-state index in [4.69, 9.17) is 15.6 Å². The van der Waals surface area contributed by atoms with Crippen molar-refractivity contribution in [1.82, 2.24) is 44.7 Å². The number of benzene rings is 3. The zero-order valence-electron chi connectivity index (χ0n) is 38.9. The van der Waals surface area contributed by atoms with E-state index in [1.54, 1.807) is 12.1 Å². The lowest BCUT2D eigenvalue weighted by Crippen LogP contribution is -2.54. The summed E-state index contributed by atoms with van der Waals surface area (Å²) in [6.07, 6.45) is 9.81. The van der Waals surface area contributed by atoms with E-state index in [-0.39, 0.29) is 30.8 Å². The van der Waals surface area contributed by atoms with Crippen LogP contribution < -0.4 is 20.7 Å². The fourth-order valence-electron chi connectivity index (χ4n) is 11.8. The molecule has 5 fully saturated rings. The predicted octanol–water partition coefficient (Wildman–Crippen LogP) is 6.37. The Bertz CT molecular complexity index is 2750. The second-order valence-corrected chi connectivity index (χ2v) is 19.8. The Hall–Kier alpha value is -6.88. The molecule has 1 atom stereocenters. The van der Waals surface area contributed by atoms with Crippen LogP contribution in [0.15, 0.2) is 79.1 Å². The van der Waals surface area contributed by atoms with E-state index in [0.29, 0.717) is 34.7 Å². The highest BCUT2D eigenvalue weighted by Crippen LogP contribution is 2.38. The Labute approximate surface area is 400 Å². The van der Waals surface area contributed by atoms with Crippen LogP contribution in [-0.2, 0) is 9.59 Å². The van der Waals surface area contributed by atoms with E-state index in [2.05, 4.69) is 39.6 Å². The minimum absolute atomic E-state index is 0.0926. The Morgan fingerprint density at radius 2 is 1.35 bits per heavy atom. The first-order valence-corrected chi connectivity index (χ1v) is 24.8. The number of aromatic nitrogens is 4. The zero-order chi connectivity index (χ0) is 47.2. The van der Waals surface area contributed by atoms with Crippen molar-refractivity contribution in [3.05, 3.63) is 90.3 Å². The Morgan fingerprint density at radius 1 is 0.696 bits per heavy atom. The number of nitrogens with zero attached hydrogens (tertiary/aromatic N) is 9. The fraction of sp³-hybridized carbons (Fsp3) is 0.462. The summed E-state index contributed by atoms with van der Waals surface area (Å²) in [5.41, 5.74) is 10.5. The molecule has 11 rings (SSSR count). The second-order valence-electron chi connectivity index (χ2n) is 19.8. The molecule has 69 heavy (non-hydrogen) atoms. The Balaban J connectivity index is 0.618. The summed E-state index contributed by atoms with van der Waals surface area (Å²) < 4.78 is 8.09. The van der Waals surface area contributed by atoms with Gasteiger partial charge in [0.2, 0.25) is 11.8 Å². The molecular formula is C52H59N11O6. The van der Waals surface area contributed by atoms with Crippen molar-refractivity contribution in [2.45, 2.75) is 76.3 Å². The molecule has 2 aromatic heterocycles. The highest BCUT2D eigenvalue weighted by Gasteiger charge is 2.45. The van der Waals surface area contributed by atoms with E-state index in [9.17, 15) is 24.0 Å². The number of nitrogens with two attached hydrogens (primary N) is 1. The molecule has 5 saturated heterocycles. The number of likely N-dealkylation sites (tertiary alicyclic amines) is 3. The number of hydrogen-bond acceptors (Lipinski definition) is 12. The average molecular weight is 934 g/mol. The summed E-state index contributed by atoms with van der Waals surface area (Å²) in [6, 6.07) is 22.4. The summed E-state index contributed by atoms with van der Waals surface area (Å²) in [7, 11) is 0. The van der Waals surface area contributed by atoms with E-state index < -0.39 is 23.8 Å². The van der Waals surface area contributed by atoms with Crippen LogP contribution in [0, 0.1) is 17.8 Å². The average Bonchev–Trinajstić information content (AvgIpc) is 3.89. The predicted molar refractivity (Wildman–Crippen MR) is 258 cm³/mol. The number of urea groups is 1. The number of amides is 6. The molecule has 0 radical (unpaired) electrons. The topological polar surface area (TPSA) is 192 Å². The van der Waals surface area contributed by atoms with Gasteiger partial charge in [-0.15, -0.1) is 0 Å². The molecule has 3 N–H and O–H groups in total. The number of anilines is 2. The van der Waals surface area contributed by atoms with E-state index in [0.717, 1.165) is 155 Å². The highest BCUT2D eigenvalue weighted by molar-refractivity contribution is 6.23. The van der Waals surface area contributed by atoms with Crippen molar-refractivity contribution in [2.24, 2.45) is 17.8 Å². The highest BCUT2D eigenvalue weighted by atomic mass is 16.5. The molecule has 1 unspecified atom stereocenters. The first kappa shape index (κ1) is 44.6. The van der Waals surface area contributed by atoms with Gasteiger partial charge in [0.1, 0.15) is 35.4 Å². The van der Waals surface area contributed by atoms with Gasteiger partial charge < -0.3 is 30.1 Å². The van der Waals surface area contributed by atoms with Crippen LogP contribution >= 0.6 is 0 Å². The zero-order valence-corrected chi connectivity index (χ0v) is 38.9. The molecule has 17 nitrogen and oxygen atoms in total. The lowest BCUT2D eigenvalue weighted by molar-refractivity contribution is -0.136. The number of hydrogen-bond donors (Lipinski definition) is 2. The van der Waals surface area contributed by atoms with E-state index in [1.807, 2.05) is 60.7 Å². The van der Waals surface area contributed by atoms with Gasteiger partial charge in [-0.3, -0.25) is 29.4 Å².